The summed E-state index contributed by atoms with van der Waals surface area (Å²) in [5, 5.41) is 17.7. The van der Waals surface area contributed by atoms with Crippen molar-refractivity contribution >= 4 is 18.3 Å². The average Bonchev–Trinajstić information content (AvgIpc) is 2.57. The molecule has 2 N–H and O–H groups in total. The maximum Gasteiger partial charge on any atom is 0.222 e. The van der Waals surface area contributed by atoms with Gasteiger partial charge in [-0.15, -0.1) is 12.4 Å². The van der Waals surface area contributed by atoms with E-state index in [4.69, 9.17) is 10.2 Å². The smallest absolute Gasteiger partial charge is 0.222 e. The van der Waals surface area contributed by atoms with Crippen LogP contribution in [0.4, 0.5) is 0 Å². The third kappa shape index (κ3) is 19.7. The van der Waals surface area contributed by atoms with Gasteiger partial charge in [0.25, 0.3) is 0 Å². The number of amides is 1. The van der Waals surface area contributed by atoms with E-state index in [1.807, 2.05) is 0 Å². The highest BCUT2D eigenvalue weighted by Crippen LogP contribution is 2.10. The van der Waals surface area contributed by atoms with E-state index in [1.165, 1.54) is 75.5 Å². The lowest BCUT2D eigenvalue weighted by molar-refractivity contribution is -0.135. The van der Waals surface area contributed by atoms with Crippen LogP contribution in [-0.2, 0) is 4.79 Å². The van der Waals surface area contributed by atoms with Crippen LogP contribution in [0, 0.1) is 0 Å². The van der Waals surface area contributed by atoms with Gasteiger partial charge in [0.05, 0.1) is 6.54 Å². The Labute approximate surface area is 167 Å². The Bertz CT molecular complexity index is 335. The predicted molar refractivity (Wildman–Crippen MR) is 113 cm³/mol. The summed E-state index contributed by atoms with van der Waals surface area (Å²) < 4.78 is 0. The third-order valence-corrected chi connectivity index (χ3v) is 4.52. The van der Waals surface area contributed by atoms with Crippen molar-refractivity contribution in [1.82, 2.24) is 4.90 Å². The van der Waals surface area contributed by atoms with Crippen LogP contribution in [0.2, 0.25) is 0 Å². The summed E-state index contributed by atoms with van der Waals surface area (Å²) >= 11 is 0. The molecule has 0 aliphatic heterocycles. The number of carbonyl (C=O) groups excluding carboxylic acids is 1. The molecule has 0 unspecified atom stereocenters. The molecule has 4 nitrogen and oxygen atoms in total. The van der Waals surface area contributed by atoms with E-state index in [1.54, 1.807) is 7.05 Å². The number of halogens is 1. The third-order valence-electron chi connectivity index (χ3n) is 4.52. The Balaban J connectivity index is 0. The fourth-order valence-electron chi connectivity index (χ4n) is 2.88. The fraction of sp³-hybridized carbons (Fsp3) is 0.857. The van der Waals surface area contributed by atoms with Crippen LogP contribution in [0.3, 0.4) is 0 Å². The highest BCUT2D eigenvalue weighted by molar-refractivity contribution is 5.85. The van der Waals surface area contributed by atoms with Crippen LogP contribution >= 0.6 is 12.4 Å². The van der Waals surface area contributed by atoms with Crippen molar-refractivity contribution < 1.29 is 15.0 Å². The van der Waals surface area contributed by atoms with Crippen molar-refractivity contribution in [3.63, 3.8) is 0 Å². The highest BCUT2D eigenvalue weighted by Gasteiger charge is 2.10. The molecular weight excluding hydrogens is 350 g/mol. The fourth-order valence-corrected chi connectivity index (χ4v) is 2.88. The van der Waals surface area contributed by atoms with Crippen molar-refractivity contribution in [2.75, 3.05) is 13.6 Å². The van der Waals surface area contributed by atoms with Crippen molar-refractivity contribution in [3.8, 4) is 0 Å². The average molecular weight is 392 g/mol. The minimum Gasteiger partial charge on any atom is -0.367 e. The molecule has 0 aromatic carbocycles. The summed E-state index contributed by atoms with van der Waals surface area (Å²) in [5.41, 5.74) is 0. The molecule has 0 spiro atoms. The van der Waals surface area contributed by atoms with Crippen molar-refractivity contribution in [2.24, 2.45) is 0 Å². The van der Waals surface area contributed by atoms with Gasteiger partial charge in [-0.2, -0.15) is 0 Å². The zero-order valence-corrected chi connectivity index (χ0v) is 17.8. The van der Waals surface area contributed by atoms with Gasteiger partial charge in [-0.05, 0) is 32.1 Å². The number of hydrogen-bond donors (Lipinski definition) is 2. The molecule has 0 saturated heterocycles. The van der Waals surface area contributed by atoms with Gasteiger partial charge < -0.3 is 15.1 Å². The molecule has 0 bridgehead atoms. The van der Waals surface area contributed by atoms with Gasteiger partial charge in [0.15, 0.2) is 6.29 Å². The van der Waals surface area contributed by atoms with E-state index in [2.05, 4.69) is 19.1 Å². The Morgan fingerprint density at radius 1 is 0.846 bits per heavy atom. The first-order valence-corrected chi connectivity index (χ1v) is 10.3. The molecule has 5 heteroatoms. The van der Waals surface area contributed by atoms with Gasteiger partial charge in [-0.3, -0.25) is 4.79 Å². The molecule has 0 heterocycles. The minimum absolute atomic E-state index is 0. The Morgan fingerprint density at radius 2 is 1.31 bits per heavy atom. The number of likely N-dealkylation sites (N-methyl/N-ethyl adjacent to an activating group) is 1. The molecule has 0 saturated carbocycles. The van der Waals surface area contributed by atoms with Crippen molar-refractivity contribution in [2.45, 2.75) is 103 Å². The number of hydrogen-bond acceptors (Lipinski definition) is 3. The second-order valence-electron chi connectivity index (χ2n) is 7.09. The molecule has 0 rings (SSSR count). The number of unbranched alkanes of at least 4 members (excludes halogenated alkanes) is 11. The Kier molecular flexibility index (Phi) is 22.0. The topological polar surface area (TPSA) is 60.8 Å². The van der Waals surface area contributed by atoms with E-state index in [0.29, 0.717) is 6.42 Å². The van der Waals surface area contributed by atoms with Crippen molar-refractivity contribution in [1.29, 1.82) is 0 Å². The van der Waals surface area contributed by atoms with Crippen LogP contribution in [0.1, 0.15) is 96.8 Å². The van der Waals surface area contributed by atoms with Crippen LogP contribution in [0.15, 0.2) is 12.2 Å². The monoisotopic (exact) mass is 391 g/mol. The molecule has 0 aliphatic rings. The summed E-state index contributed by atoms with van der Waals surface area (Å²) in [7, 11) is 1.61. The zero-order valence-electron chi connectivity index (χ0n) is 17.0. The quantitative estimate of drug-likeness (QED) is 0.203. The molecular formula is C21H42ClNO3. The van der Waals surface area contributed by atoms with Crippen LogP contribution < -0.4 is 0 Å². The molecule has 1 amide bonds. The van der Waals surface area contributed by atoms with Gasteiger partial charge in [-0.25, -0.2) is 0 Å². The molecule has 0 radical (unpaired) electrons. The summed E-state index contributed by atoms with van der Waals surface area (Å²) in [6, 6.07) is 0. The number of nitrogens with zero attached hydrogens (tertiary/aromatic N) is 1. The second-order valence-corrected chi connectivity index (χ2v) is 7.09. The van der Waals surface area contributed by atoms with Gasteiger partial charge >= 0.3 is 0 Å². The van der Waals surface area contributed by atoms with E-state index in [9.17, 15) is 4.79 Å². The van der Waals surface area contributed by atoms with Gasteiger partial charge in [0, 0.05) is 13.5 Å². The van der Waals surface area contributed by atoms with Crippen LogP contribution in [0.25, 0.3) is 0 Å². The lowest BCUT2D eigenvalue weighted by atomic mass is 10.1. The maximum atomic E-state index is 11.7. The van der Waals surface area contributed by atoms with E-state index in [0.717, 1.165) is 12.8 Å². The molecule has 0 fully saturated rings. The van der Waals surface area contributed by atoms with E-state index in [-0.39, 0.29) is 24.9 Å². The maximum absolute atomic E-state index is 11.7. The predicted octanol–water partition coefficient (Wildman–Crippen LogP) is 5.21. The molecule has 0 aliphatic carbocycles. The van der Waals surface area contributed by atoms with Gasteiger partial charge in [0.1, 0.15) is 0 Å². The number of rotatable bonds is 17. The van der Waals surface area contributed by atoms with E-state index >= 15 is 0 Å². The summed E-state index contributed by atoms with van der Waals surface area (Å²) in [5.74, 6) is -0.00859. The largest absolute Gasteiger partial charge is 0.367 e. The molecule has 156 valence electrons. The number of aliphatic hydroxyl groups excluding tert-OH is 1. The first kappa shape index (κ1) is 27.6. The van der Waals surface area contributed by atoms with Crippen LogP contribution in [0.5, 0.6) is 0 Å². The van der Waals surface area contributed by atoms with E-state index < -0.39 is 6.29 Å². The SMILES string of the molecule is CCCCCCCCC=CCCCCCCCC(=O)N(C)CC(O)O.Cl. The molecule has 0 aromatic rings. The van der Waals surface area contributed by atoms with Gasteiger partial charge in [-0.1, -0.05) is 70.4 Å². The lowest BCUT2D eigenvalue weighted by Crippen LogP contribution is -2.33. The first-order valence-electron chi connectivity index (χ1n) is 10.3. The number of allylic oxidation sites excluding steroid dienone is 2. The minimum atomic E-state index is -1.44. The highest BCUT2D eigenvalue weighted by atomic mass is 35.5. The normalized spacial score (nSPS) is 11.1. The molecule has 0 atom stereocenters. The summed E-state index contributed by atoms with van der Waals surface area (Å²) in [4.78, 5) is 13.1. The summed E-state index contributed by atoms with van der Waals surface area (Å²) in [6.45, 7) is 2.25. The van der Waals surface area contributed by atoms with Crippen LogP contribution in [-0.4, -0.2) is 40.9 Å². The Morgan fingerprint density at radius 3 is 1.81 bits per heavy atom. The number of aliphatic hydroxyl groups is 2. The standard InChI is InChI=1S/C21H41NO3.ClH/c1-3-4-5-6-7-8-9-10-11-12-13-14-15-16-17-18-20(23)22(2)19-21(24)25;/h10-11,21,24-25H,3-9,12-19H2,1-2H3;1H. The lowest BCUT2D eigenvalue weighted by Gasteiger charge is -2.17. The second kappa shape index (κ2) is 20.7. The van der Waals surface area contributed by atoms with Gasteiger partial charge in [0.2, 0.25) is 5.91 Å². The number of carbonyl (C=O) groups is 1. The van der Waals surface area contributed by atoms with Crippen molar-refractivity contribution in [3.05, 3.63) is 12.2 Å². The summed E-state index contributed by atoms with van der Waals surface area (Å²) in [6.07, 6.45) is 19.9. The molecule has 26 heavy (non-hydrogen) atoms. The zero-order chi connectivity index (χ0) is 18.8. The Hall–Kier alpha value is -0.580. The molecule has 0 aromatic heterocycles. The first-order chi connectivity index (χ1) is 12.1.